The molecule has 0 aromatic heterocycles. The van der Waals surface area contributed by atoms with Gasteiger partial charge in [0.05, 0.1) is 27.4 Å². The van der Waals surface area contributed by atoms with Gasteiger partial charge in [-0.2, -0.15) is 0 Å². The Kier molecular flexibility index (Phi) is 4.39. The van der Waals surface area contributed by atoms with Crippen molar-refractivity contribution >= 4 is 0 Å². The van der Waals surface area contributed by atoms with E-state index in [4.69, 9.17) is 14.2 Å². The molecule has 1 atom stereocenters. The minimum atomic E-state index is -0.362. The summed E-state index contributed by atoms with van der Waals surface area (Å²) >= 11 is 0. The summed E-state index contributed by atoms with van der Waals surface area (Å²) in [6, 6.07) is 8.93. The van der Waals surface area contributed by atoms with Crippen molar-refractivity contribution in [2.45, 2.75) is 12.5 Å². The molecule has 23 heavy (non-hydrogen) atoms. The van der Waals surface area contributed by atoms with Gasteiger partial charge < -0.3 is 19.5 Å². The van der Waals surface area contributed by atoms with Crippen molar-refractivity contribution < 1.29 is 18.6 Å². The van der Waals surface area contributed by atoms with E-state index in [1.165, 1.54) is 18.7 Å². The largest absolute Gasteiger partial charge is 0.494 e. The third kappa shape index (κ3) is 2.84. The van der Waals surface area contributed by atoms with E-state index in [0.29, 0.717) is 11.5 Å². The molecular formula is C18H20FNO3. The molecule has 1 heterocycles. The van der Waals surface area contributed by atoms with Gasteiger partial charge in [0.15, 0.2) is 23.1 Å². The second kappa shape index (κ2) is 6.46. The summed E-state index contributed by atoms with van der Waals surface area (Å²) in [6.07, 6.45) is 0.894. The molecule has 0 fully saturated rings. The highest BCUT2D eigenvalue weighted by Gasteiger charge is 2.24. The maximum atomic E-state index is 14.0. The van der Waals surface area contributed by atoms with Gasteiger partial charge >= 0.3 is 0 Å². The number of benzene rings is 2. The zero-order valence-corrected chi connectivity index (χ0v) is 13.5. The normalized spacial score (nSPS) is 16.6. The molecule has 5 heteroatoms. The van der Waals surface area contributed by atoms with Crippen LogP contribution in [0.2, 0.25) is 0 Å². The van der Waals surface area contributed by atoms with Gasteiger partial charge in [-0.25, -0.2) is 4.39 Å². The standard InChI is InChI=1S/C18H20FNO3/c1-21-15-5-4-12(8-14(15)19)18-13-10-17(23-3)16(22-2)9-11(13)6-7-20-18/h4-5,8-10,18,20H,6-7H2,1-3H3. The summed E-state index contributed by atoms with van der Waals surface area (Å²) in [5.41, 5.74) is 3.12. The Morgan fingerprint density at radius 1 is 0.957 bits per heavy atom. The third-order valence-electron chi connectivity index (χ3n) is 4.21. The fourth-order valence-corrected chi connectivity index (χ4v) is 3.04. The SMILES string of the molecule is COc1ccc(C2NCCc3cc(OC)c(OC)cc32)cc1F. The van der Waals surface area contributed by atoms with Gasteiger partial charge in [0.2, 0.25) is 0 Å². The smallest absolute Gasteiger partial charge is 0.165 e. The van der Waals surface area contributed by atoms with Gasteiger partial charge in [0.1, 0.15) is 0 Å². The number of hydrogen-bond donors (Lipinski definition) is 1. The van der Waals surface area contributed by atoms with Crippen LogP contribution in [0.1, 0.15) is 22.7 Å². The Morgan fingerprint density at radius 3 is 2.30 bits per heavy atom. The summed E-state index contributed by atoms with van der Waals surface area (Å²) in [4.78, 5) is 0. The number of rotatable bonds is 4. The zero-order chi connectivity index (χ0) is 16.4. The van der Waals surface area contributed by atoms with Crippen LogP contribution in [-0.2, 0) is 6.42 Å². The first kappa shape index (κ1) is 15.6. The van der Waals surface area contributed by atoms with Crippen LogP contribution in [0, 0.1) is 5.82 Å². The van der Waals surface area contributed by atoms with Gasteiger partial charge in [0, 0.05) is 6.54 Å². The molecule has 4 nitrogen and oxygen atoms in total. The van der Waals surface area contributed by atoms with Crippen LogP contribution in [0.25, 0.3) is 0 Å². The molecule has 3 rings (SSSR count). The van der Waals surface area contributed by atoms with Crippen LogP contribution >= 0.6 is 0 Å². The summed E-state index contributed by atoms with van der Waals surface area (Å²) in [5, 5.41) is 3.44. The monoisotopic (exact) mass is 317 g/mol. The van der Waals surface area contributed by atoms with Crippen molar-refractivity contribution in [1.29, 1.82) is 0 Å². The molecule has 0 bridgehead atoms. The molecule has 0 spiro atoms. The summed E-state index contributed by atoms with van der Waals surface area (Å²) in [6.45, 7) is 0.820. The highest BCUT2D eigenvalue weighted by Crippen LogP contribution is 2.38. The van der Waals surface area contributed by atoms with Crippen LogP contribution in [-0.4, -0.2) is 27.9 Å². The van der Waals surface area contributed by atoms with Crippen LogP contribution in [0.4, 0.5) is 4.39 Å². The second-order valence-electron chi connectivity index (χ2n) is 5.44. The fraction of sp³-hybridized carbons (Fsp3) is 0.333. The Balaban J connectivity index is 2.05. The van der Waals surface area contributed by atoms with E-state index in [1.807, 2.05) is 18.2 Å². The lowest BCUT2D eigenvalue weighted by Crippen LogP contribution is -2.30. The first-order valence-corrected chi connectivity index (χ1v) is 7.49. The third-order valence-corrected chi connectivity index (χ3v) is 4.21. The Morgan fingerprint density at radius 2 is 1.65 bits per heavy atom. The summed E-state index contributed by atoms with van der Waals surface area (Å²) in [5.74, 6) is 1.28. The van der Waals surface area contributed by atoms with Crippen LogP contribution in [0.3, 0.4) is 0 Å². The molecule has 1 N–H and O–H groups in total. The second-order valence-corrected chi connectivity index (χ2v) is 5.44. The minimum Gasteiger partial charge on any atom is -0.494 e. The zero-order valence-electron chi connectivity index (χ0n) is 13.5. The van der Waals surface area contributed by atoms with Crippen molar-refractivity contribution in [3.63, 3.8) is 0 Å². The number of hydrogen-bond acceptors (Lipinski definition) is 4. The molecule has 2 aromatic rings. The van der Waals surface area contributed by atoms with Crippen molar-refractivity contribution in [3.05, 3.63) is 52.8 Å². The molecule has 122 valence electrons. The van der Waals surface area contributed by atoms with E-state index in [0.717, 1.165) is 24.1 Å². The first-order chi connectivity index (χ1) is 11.2. The molecule has 1 aliphatic heterocycles. The molecular weight excluding hydrogens is 297 g/mol. The maximum absolute atomic E-state index is 14.0. The van der Waals surface area contributed by atoms with E-state index < -0.39 is 0 Å². The lowest BCUT2D eigenvalue weighted by atomic mass is 9.89. The number of ether oxygens (including phenoxy) is 3. The van der Waals surface area contributed by atoms with Gasteiger partial charge in [-0.3, -0.25) is 0 Å². The first-order valence-electron chi connectivity index (χ1n) is 7.49. The van der Waals surface area contributed by atoms with Crippen LogP contribution in [0.15, 0.2) is 30.3 Å². The predicted octanol–water partition coefficient (Wildman–Crippen LogP) is 3.09. The molecule has 0 saturated carbocycles. The molecule has 1 unspecified atom stereocenters. The van der Waals surface area contributed by atoms with E-state index in [9.17, 15) is 4.39 Å². The Labute approximate surface area is 135 Å². The lowest BCUT2D eigenvalue weighted by molar-refractivity contribution is 0.353. The van der Waals surface area contributed by atoms with Crippen LogP contribution in [0.5, 0.6) is 17.2 Å². The lowest BCUT2D eigenvalue weighted by Gasteiger charge is -2.28. The number of fused-ring (bicyclic) bond motifs is 1. The number of halogens is 1. The quantitative estimate of drug-likeness (QED) is 0.941. The average Bonchev–Trinajstić information content (AvgIpc) is 2.59. The van der Waals surface area contributed by atoms with Crippen LogP contribution < -0.4 is 19.5 Å². The fourth-order valence-electron chi connectivity index (χ4n) is 3.04. The van der Waals surface area contributed by atoms with Crippen molar-refractivity contribution in [3.8, 4) is 17.2 Å². The van der Waals surface area contributed by atoms with Gasteiger partial charge in [-0.1, -0.05) is 6.07 Å². The number of methoxy groups -OCH3 is 3. The summed E-state index contributed by atoms with van der Waals surface area (Å²) in [7, 11) is 4.70. The predicted molar refractivity (Wildman–Crippen MR) is 86.0 cm³/mol. The van der Waals surface area contributed by atoms with E-state index in [-0.39, 0.29) is 17.6 Å². The minimum absolute atomic E-state index is 0.0843. The highest BCUT2D eigenvalue weighted by molar-refractivity contribution is 5.52. The molecule has 0 amide bonds. The Hall–Kier alpha value is -2.27. The maximum Gasteiger partial charge on any atom is 0.165 e. The van der Waals surface area contributed by atoms with E-state index >= 15 is 0 Å². The Bertz CT molecular complexity index is 718. The van der Waals surface area contributed by atoms with Crippen molar-refractivity contribution in [2.24, 2.45) is 0 Å². The topological polar surface area (TPSA) is 39.7 Å². The highest BCUT2D eigenvalue weighted by atomic mass is 19.1. The molecule has 2 aromatic carbocycles. The molecule has 0 aliphatic carbocycles. The average molecular weight is 317 g/mol. The molecule has 0 radical (unpaired) electrons. The van der Waals surface area contributed by atoms with Gasteiger partial charge in [-0.05, 0) is 47.4 Å². The molecule has 1 aliphatic rings. The summed E-state index contributed by atoms with van der Waals surface area (Å²) < 4.78 is 29.8. The van der Waals surface area contributed by atoms with E-state index in [1.54, 1.807) is 20.3 Å². The van der Waals surface area contributed by atoms with Crippen molar-refractivity contribution in [2.75, 3.05) is 27.9 Å². The van der Waals surface area contributed by atoms with Crippen molar-refractivity contribution in [1.82, 2.24) is 5.32 Å². The van der Waals surface area contributed by atoms with E-state index in [2.05, 4.69) is 5.32 Å². The van der Waals surface area contributed by atoms with Gasteiger partial charge in [-0.15, -0.1) is 0 Å². The molecule has 0 saturated heterocycles. The number of nitrogens with one attached hydrogen (secondary N) is 1. The van der Waals surface area contributed by atoms with Gasteiger partial charge in [0.25, 0.3) is 0 Å².